The minimum Gasteiger partial charge on any atom is -0.497 e. The number of hydrogen-bond donors (Lipinski definition) is 2. The summed E-state index contributed by atoms with van der Waals surface area (Å²) in [6.45, 7) is 0. The predicted molar refractivity (Wildman–Crippen MR) is 115 cm³/mol. The van der Waals surface area contributed by atoms with E-state index in [0.29, 0.717) is 11.4 Å². The van der Waals surface area contributed by atoms with Gasteiger partial charge in [0.15, 0.2) is 11.5 Å². The first-order chi connectivity index (χ1) is 14.7. The standard InChI is InChI=1S/C23H21N5O2/c1-30-19-14-12-18(13-15-19)28-22(24)21(26-27-28)23(29)25-20(16-8-4-2-5-9-16)17-10-6-3-7-11-17/h2-15,20H,24H2,1H3,(H,25,29). The number of carbonyl (C=O) groups is 1. The van der Waals surface area contributed by atoms with Gasteiger partial charge in [-0.15, -0.1) is 5.10 Å². The summed E-state index contributed by atoms with van der Waals surface area (Å²) in [4.78, 5) is 13.0. The lowest BCUT2D eigenvalue weighted by molar-refractivity contribution is 0.0939. The molecule has 0 bridgehead atoms. The highest BCUT2D eigenvalue weighted by molar-refractivity contribution is 5.97. The van der Waals surface area contributed by atoms with E-state index in [4.69, 9.17) is 10.5 Å². The Hall–Kier alpha value is -4.13. The molecule has 0 atom stereocenters. The fourth-order valence-electron chi connectivity index (χ4n) is 3.21. The molecule has 7 nitrogen and oxygen atoms in total. The van der Waals surface area contributed by atoms with E-state index in [0.717, 1.165) is 11.1 Å². The van der Waals surface area contributed by atoms with E-state index >= 15 is 0 Å². The molecule has 0 aliphatic heterocycles. The minimum atomic E-state index is -0.398. The largest absolute Gasteiger partial charge is 0.497 e. The Kier molecular flexibility index (Phi) is 5.43. The lowest BCUT2D eigenvalue weighted by atomic mass is 9.98. The molecule has 3 N–H and O–H groups in total. The van der Waals surface area contributed by atoms with Crippen LogP contribution < -0.4 is 15.8 Å². The van der Waals surface area contributed by atoms with Crippen LogP contribution >= 0.6 is 0 Å². The number of nitrogens with one attached hydrogen (secondary N) is 1. The van der Waals surface area contributed by atoms with Gasteiger partial charge in [-0.05, 0) is 35.4 Å². The Morgan fingerprint density at radius 1 is 0.933 bits per heavy atom. The smallest absolute Gasteiger partial charge is 0.276 e. The van der Waals surface area contributed by atoms with Crippen LogP contribution in [0.15, 0.2) is 84.9 Å². The Morgan fingerprint density at radius 2 is 1.50 bits per heavy atom. The molecular formula is C23H21N5O2. The van der Waals surface area contributed by atoms with Crippen LogP contribution in [0.5, 0.6) is 5.75 Å². The highest BCUT2D eigenvalue weighted by atomic mass is 16.5. The number of nitrogen functional groups attached to an aromatic ring is 1. The molecule has 150 valence electrons. The summed E-state index contributed by atoms with van der Waals surface area (Å²) in [5.74, 6) is 0.478. The van der Waals surface area contributed by atoms with E-state index < -0.39 is 5.91 Å². The summed E-state index contributed by atoms with van der Waals surface area (Å²) in [7, 11) is 1.59. The number of aromatic nitrogens is 3. The molecule has 30 heavy (non-hydrogen) atoms. The lowest BCUT2D eigenvalue weighted by Crippen LogP contribution is -2.30. The Morgan fingerprint density at radius 3 is 2.03 bits per heavy atom. The molecule has 7 heteroatoms. The second kappa shape index (κ2) is 8.48. The molecule has 4 rings (SSSR count). The molecule has 0 saturated carbocycles. The molecule has 1 amide bonds. The maximum atomic E-state index is 13.0. The monoisotopic (exact) mass is 399 g/mol. The summed E-state index contributed by atoms with van der Waals surface area (Å²) >= 11 is 0. The van der Waals surface area contributed by atoms with Gasteiger partial charge >= 0.3 is 0 Å². The molecule has 3 aromatic carbocycles. The third kappa shape index (κ3) is 3.86. The third-order valence-corrected chi connectivity index (χ3v) is 4.78. The molecular weight excluding hydrogens is 378 g/mol. The quantitative estimate of drug-likeness (QED) is 0.518. The molecule has 0 spiro atoms. The number of nitrogens with zero attached hydrogens (tertiary/aromatic N) is 3. The van der Waals surface area contributed by atoms with Crippen molar-refractivity contribution >= 4 is 11.7 Å². The van der Waals surface area contributed by atoms with Crippen LogP contribution in [0.2, 0.25) is 0 Å². The number of methoxy groups -OCH3 is 1. The van der Waals surface area contributed by atoms with E-state index in [1.165, 1.54) is 4.68 Å². The number of nitrogens with two attached hydrogens (primary N) is 1. The third-order valence-electron chi connectivity index (χ3n) is 4.78. The van der Waals surface area contributed by atoms with Crippen LogP contribution in [0.4, 0.5) is 5.82 Å². The Labute approximate surface area is 174 Å². The van der Waals surface area contributed by atoms with E-state index in [1.807, 2.05) is 60.7 Å². The van der Waals surface area contributed by atoms with Gasteiger partial charge < -0.3 is 15.8 Å². The van der Waals surface area contributed by atoms with Crippen LogP contribution in [0, 0.1) is 0 Å². The molecule has 4 aromatic rings. The van der Waals surface area contributed by atoms with Crippen molar-refractivity contribution in [1.82, 2.24) is 20.3 Å². The maximum Gasteiger partial charge on any atom is 0.276 e. The molecule has 0 radical (unpaired) electrons. The Balaban J connectivity index is 1.62. The van der Waals surface area contributed by atoms with Gasteiger partial charge in [0.05, 0.1) is 18.8 Å². The number of carbonyl (C=O) groups excluding carboxylic acids is 1. The second-order valence-electron chi connectivity index (χ2n) is 6.66. The van der Waals surface area contributed by atoms with Crippen molar-refractivity contribution in [2.75, 3.05) is 12.8 Å². The lowest BCUT2D eigenvalue weighted by Gasteiger charge is -2.19. The number of ether oxygens (including phenoxy) is 1. The first-order valence-corrected chi connectivity index (χ1v) is 9.43. The van der Waals surface area contributed by atoms with Crippen molar-refractivity contribution in [3.63, 3.8) is 0 Å². The topological polar surface area (TPSA) is 95.1 Å². The van der Waals surface area contributed by atoms with Crippen molar-refractivity contribution in [2.24, 2.45) is 0 Å². The first kappa shape index (κ1) is 19.2. The van der Waals surface area contributed by atoms with Gasteiger partial charge in [-0.1, -0.05) is 65.9 Å². The highest BCUT2D eigenvalue weighted by Crippen LogP contribution is 2.23. The SMILES string of the molecule is COc1ccc(-n2nnc(C(=O)NC(c3ccccc3)c3ccccc3)c2N)cc1. The van der Waals surface area contributed by atoms with Gasteiger partial charge in [0.2, 0.25) is 0 Å². The van der Waals surface area contributed by atoms with Crippen molar-refractivity contribution in [3.8, 4) is 11.4 Å². The highest BCUT2D eigenvalue weighted by Gasteiger charge is 2.23. The normalized spacial score (nSPS) is 10.7. The molecule has 0 aliphatic rings. The van der Waals surface area contributed by atoms with Gasteiger partial charge in [-0.25, -0.2) is 0 Å². The van der Waals surface area contributed by atoms with Gasteiger partial charge in [0, 0.05) is 0 Å². The number of hydrogen-bond acceptors (Lipinski definition) is 5. The molecule has 0 aliphatic carbocycles. The minimum absolute atomic E-state index is 0.0719. The number of benzene rings is 3. The van der Waals surface area contributed by atoms with Crippen LogP contribution in [0.25, 0.3) is 5.69 Å². The summed E-state index contributed by atoms with van der Waals surface area (Å²) in [6.07, 6.45) is 0. The average Bonchev–Trinajstić information content (AvgIpc) is 3.20. The van der Waals surface area contributed by atoms with Gasteiger partial charge in [0.1, 0.15) is 5.75 Å². The van der Waals surface area contributed by atoms with Crippen LogP contribution in [0.1, 0.15) is 27.7 Å². The van der Waals surface area contributed by atoms with Gasteiger partial charge in [0.25, 0.3) is 5.91 Å². The number of rotatable bonds is 6. The zero-order valence-electron chi connectivity index (χ0n) is 16.4. The molecule has 0 fully saturated rings. The number of anilines is 1. The fourth-order valence-corrected chi connectivity index (χ4v) is 3.21. The van der Waals surface area contributed by atoms with Crippen molar-refractivity contribution in [3.05, 3.63) is 102 Å². The zero-order chi connectivity index (χ0) is 20.9. The summed E-state index contributed by atoms with van der Waals surface area (Å²) in [5, 5.41) is 11.1. The van der Waals surface area contributed by atoms with Crippen molar-refractivity contribution in [1.29, 1.82) is 0 Å². The molecule has 0 saturated heterocycles. The van der Waals surface area contributed by atoms with E-state index in [1.54, 1.807) is 31.4 Å². The van der Waals surface area contributed by atoms with Crippen LogP contribution in [-0.4, -0.2) is 28.0 Å². The summed E-state index contributed by atoms with van der Waals surface area (Å²) in [6, 6.07) is 26.3. The molecule has 1 heterocycles. The predicted octanol–water partition coefficient (Wildman–Crippen LogP) is 3.38. The Bertz CT molecular complexity index is 1090. The summed E-state index contributed by atoms with van der Waals surface area (Å²) < 4.78 is 6.59. The van der Waals surface area contributed by atoms with E-state index in [9.17, 15) is 4.79 Å². The van der Waals surface area contributed by atoms with Crippen molar-refractivity contribution in [2.45, 2.75) is 6.04 Å². The van der Waals surface area contributed by atoms with Gasteiger partial charge in [-0.2, -0.15) is 4.68 Å². The van der Waals surface area contributed by atoms with Crippen LogP contribution in [0.3, 0.4) is 0 Å². The maximum absolute atomic E-state index is 13.0. The van der Waals surface area contributed by atoms with E-state index in [2.05, 4.69) is 15.6 Å². The fraction of sp³-hybridized carbons (Fsp3) is 0.0870. The van der Waals surface area contributed by atoms with E-state index in [-0.39, 0.29) is 17.6 Å². The molecule has 1 aromatic heterocycles. The van der Waals surface area contributed by atoms with Crippen molar-refractivity contribution < 1.29 is 9.53 Å². The average molecular weight is 399 g/mol. The molecule has 0 unspecified atom stereocenters. The van der Waals surface area contributed by atoms with Gasteiger partial charge in [-0.3, -0.25) is 4.79 Å². The first-order valence-electron chi connectivity index (χ1n) is 9.43. The summed E-state index contributed by atoms with van der Waals surface area (Å²) in [5.41, 5.74) is 8.87. The number of amides is 1. The van der Waals surface area contributed by atoms with Crippen LogP contribution in [-0.2, 0) is 0 Å². The second-order valence-corrected chi connectivity index (χ2v) is 6.66. The zero-order valence-corrected chi connectivity index (χ0v) is 16.4.